The zero-order chi connectivity index (χ0) is 32.9. The lowest BCUT2D eigenvalue weighted by molar-refractivity contribution is -0.402. The molecule has 0 bridgehead atoms. The zero-order valence-electron chi connectivity index (χ0n) is 23.6. The quantitative estimate of drug-likeness (QED) is 0.124. The SMILES string of the molecule is NS(=O)(=O)c1ccc(Nc2ccc3c(-c4ccccc4S(=O)(=O)O)c4ccc(=[NH+]c5ccc(S(N)(=O)=O)cc5)cc-4oc3c2)cc1. The number of primary sulfonamides is 2. The molecule has 0 unspecified atom stereocenters. The highest BCUT2D eigenvalue weighted by molar-refractivity contribution is 7.89. The molecule has 0 amide bonds. The molecular weight excluding hydrogens is 653 g/mol. The van der Waals surface area contributed by atoms with Gasteiger partial charge in [-0.05, 0) is 60.7 Å². The summed E-state index contributed by atoms with van der Waals surface area (Å²) >= 11 is 0. The second-order valence-corrected chi connectivity index (χ2v) is 14.8. The molecule has 2 aliphatic rings. The van der Waals surface area contributed by atoms with Crippen LogP contribution in [0.3, 0.4) is 0 Å². The lowest BCUT2D eigenvalue weighted by Gasteiger charge is -2.17. The van der Waals surface area contributed by atoms with Crippen LogP contribution in [0.1, 0.15) is 0 Å². The predicted octanol–water partition coefficient (Wildman–Crippen LogP) is 2.80. The predicted molar refractivity (Wildman–Crippen MR) is 171 cm³/mol. The number of sulfonamides is 2. The Labute approximate surface area is 263 Å². The molecule has 0 radical (unpaired) electrons. The zero-order valence-corrected chi connectivity index (χ0v) is 26.0. The van der Waals surface area contributed by atoms with Crippen LogP contribution >= 0.6 is 0 Å². The maximum absolute atomic E-state index is 12.4. The van der Waals surface area contributed by atoms with Crippen molar-refractivity contribution in [2.45, 2.75) is 14.7 Å². The van der Waals surface area contributed by atoms with Gasteiger partial charge in [0.05, 0.1) is 15.9 Å². The van der Waals surface area contributed by atoms with Gasteiger partial charge in [0.2, 0.25) is 31.1 Å². The van der Waals surface area contributed by atoms with Crippen LogP contribution in [0, 0.1) is 0 Å². The molecule has 0 aromatic heterocycles. The fraction of sp³-hybridized carbons (Fsp3) is 0. The summed E-state index contributed by atoms with van der Waals surface area (Å²) in [6, 6.07) is 28.2. The molecule has 0 saturated carbocycles. The summed E-state index contributed by atoms with van der Waals surface area (Å²) in [5.41, 5.74) is 3.41. The number of nitrogens with one attached hydrogen (secondary N) is 2. The standard InChI is InChI=1S/C31H24N4O8S3/c32-44(36,37)23-11-5-19(6-12-23)34-21-9-15-25-28(17-21)43-29-18-22(35-20-7-13-24(14-8-20)45(33,38)39)10-16-26(29)31(25)27-3-1-2-4-30(27)46(40,41)42/h1-18,34H,(H2,32,36,37)(H2,33,38,39)(H,40,41,42)/p+1. The molecule has 1 aliphatic heterocycles. The van der Waals surface area contributed by atoms with E-state index in [0.717, 1.165) is 0 Å². The van der Waals surface area contributed by atoms with Crippen LogP contribution in [0.25, 0.3) is 33.4 Å². The normalized spacial score (nSPS) is 12.9. The number of benzene rings is 5. The number of hydrogen-bond donors (Lipinski definition) is 5. The average molecular weight is 678 g/mol. The number of fused-ring (bicyclic) bond motifs is 2. The minimum Gasteiger partial charge on any atom is -0.456 e. The van der Waals surface area contributed by atoms with E-state index in [4.69, 9.17) is 14.7 Å². The third kappa shape index (κ3) is 6.41. The van der Waals surface area contributed by atoms with Gasteiger partial charge in [-0.1, -0.05) is 18.2 Å². The van der Waals surface area contributed by atoms with E-state index in [-0.39, 0.29) is 20.2 Å². The molecule has 4 aromatic rings. The highest BCUT2D eigenvalue weighted by Gasteiger charge is 2.24. The third-order valence-electron chi connectivity index (χ3n) is 7.10. The molecule has 234 valence electrons. The van der Waals surface area contributed by atoms with Gasteiger partial charge in [-0.2, -0.15) is 8.42 Å². The smallest absolute Gasteiger partial charge is 0.295 e. The Morgan fingerprint density at radius 3 is 1.89 bits per heavy atom. The van der Waals surface area contributed by atoms with E-state index in [1.165, 1.54) is 36.4 Å². The van der Waals surface area contributed by atoms with Crippen LogP contribution in [0.4, 0.5) is 17.1 Å². The largest absolute Gasteiger partial charge is 0.456 e. The van der Waals surface area contributed by atoms with E-state index in [9.17, 15) is 29.8 Å². The van der Waals surface area contributed by atoms with Crippen LogP contribution in [-0.2, 0) is 30.2 Å². The fourth-order valence-corrected chi connectivity index (χ4v) is 6.75. The van der Waals surface area contributed by atoms with Crippen LogP contribution < -0.4 is 25.9 Å². The van der Waals surface area contributed by atoms with Crippen molar-refractivity contribution in [3.05, 3.63) is 115 Å². The lowest BCUT2D eigenvalue weighted by Crippen LogP contribution is -2.70. The first kappa shape index (κ1) is 31.1. The molecule has 46 heavy (non-hydrogen) atoms. The molecule has 6 rings (SSSR count). The Morgan fingerprint density at radius 1 is 0.652 bits per heavy atom. The van der Waals surface area contributed by atoms with Crippen molar-refractivity contribution in [3.8, 4) is 22.5 Å². The summed E-state index contributed by atoms with van der Waals surface area (Å²) in [5.74, 6) is 0.369. The van der Waals surface area contributed by atoms with E-state index in [2.05, 4.69) is 10.3 Å². The van der Waals surface area contributed by atoms with Gasteiger partial charge in [0.25, 0.3) is 10.1 Å². The van der Waals surface area contributed by atoms with E-state index in [1.54, 1.807) is 72.8 Å². The van der Waals surface area contributed by atoms with Crippen LogP contribution in [0.2, 0.25) is 0 Å². The van der Waals surface area contributed by atoms with Gasteiger partial charge in [0.1, 0.15) is 16.2 Å². The third-order valence-corrected chi connectivity index (χ3v) is 9.87. The van der Waals surface area contributed by atoms with Gasteiger partial charge >= 0.3 is 0 Å². The maximum Gasteiger partial charge on any atom is 0.295 e. The molecule has 0 atom stereocenters. The minimum absolute atomic E-state index is 0.0371. The molecule has 7 N–H and O–H groups in total. The van der Waals surface area contributed by atoms with Crippen molar-refractivity contribution in [2.75, 3.05) is 5.32 Å². The second kappa shape index (κ2) is 11.5. The number of hydrogen-bond acceptors (Lipinski definition) is 8. The van der Waals surface area contributed by atoms with Gasteiger partial charge in [0.15, 0.2) is 0 Å². The van der Waals surface area contributed by atoms with Crippen molar-refractivity contribution >= 4 is 58.2 Å². The highest BCUT2D eigenvalue weighted by Crippen LogP contribution is 2.42. The number of nitrogens with two attached hydrogens (primary N) is 2. The Hall–Kier alpha value is -4.90. The molecule has 1 aliphatic carbocycles. The summed E-state index contributed by atoms with van der Waals surface area (Å²) in [6.07, 6.45) is 0. The summed E-state index contributed by atoms with van der Waals surface area (Å²) in [5, 5.41) is 14.7. The molecule has 1 heterocycles. The lowest BCUT2D eigenvalue weighted by atomic mass is 9.93. The molecule has 12 nitrogen and oxygen atoms in total. The molecule has 0 saturated heterocycles. The molecule has 0 fully saturated rings. The first-order valence-electron chi connectivity index (χ1n) is 13.4. The molecule has 4 aromatic carbocycles. The van der Waals surface area contributed by atoms with Crippen LogP contribution in [0.15, 0.2) is 128 Å². The monoisotopic (exact) mass is 677 g/mol. The average Bonchev–Trinajstić information content (AvgIpc) is 2.99. The number of anilines is 2. The van der Waals surface area contributed by atoms with E-state index in [1.807, 2.05) is 0 Å². The van der Waals surface area contributed by atoms with Gasteiger partial charge < -0.3 is 9.73 Å². The van der Waals surface area contributed by atoms with Crippen molar-refractivity contribution in [1.29, 1.82) is 0 Å². The Bertz CT molecular complexity index is 2510. The summed E-state index contributed by atoms with van der Waals surface area (Å²) in [7, 11) is -12.3. The molecular formula is C31H25N4O8S3+. The van der Waals surface area contributed by atoms with Gasteiger partial charge in [0, 0.05) is 57.7 Å². The Kier molecular flexibility index (Phi) is 7.76. The summed E-state index contributed by atoms with van der Waals surface area (Å²) < 4.78 is 87.7. The van der Waals surface area contributed by atoms with Crippen LogP contribution in [-0.4, -0.2) is 29.8 Å². The minimum atomic E-state index is -4.60. The Morgan fingerprint density at radius 2 is 1.26 bits per heavy atom. The van der Waals surface area contributed by atoms with Crippen molar-refractivity contribution in [2.24, 2.45) is 10.3 Å². The van der Waals surface area contributed by atoms with E-state index in [0.29, 0.717) is 50.3 Å². The highest BCUT2D eigenvalue weighted by atomic mass is 32.2. The topological polar surface area (TPSA) is 214 Å². The Balaban J connectivity index is 1.53. The maximum atomic E-state index is 12.4. The fourth-order valence-electron chi connectivity index (χ4n) is 5.02. The van der Waals surface area contributed by atoms with Crippen molar-refractivity contribution in [3.63, 3.8) is 0 Å². The van der Waals surface area contributed by atoms with Crippen molar-refractivity contribution < 1.29 is 39.2 Å². The summed E-state index contributed by atoms with van der Waals surface area (Å²) in [6.45, 7) is 0. The van der Waals surface area contributed by atoms with E-state index < -0.39 is 30.2 Å². The van der Waals surface area contributed by atoms with Gasteiger partial charge in [-0.25, -0.2) is 32.1 Å². The van der Waals surface area contributed by atoms with Crippen molar-refractivity contribution in [1.82, 2.24) is 0 Å². The van der Waals surface area contributed by atoms with Crippen LogP contribution in [0.5, 0.6) is 0 Å². The number of rotatable bonds is 7. The summed E-state index contributed by atoms with van der Waals surface area (Å²) in [4.78, 5) is 2.83. The van der Waals surface area contributed by atoms with Gasteiger partial charge in [-0.15, -0.1) is 0 Å². The molecule has 0 spiro atoms. The van der Waals surface area contributed by atoms with E-state index >= 15 is 0 Å². The second-order valence-electron chi connectivity index (χ2n) is 10.3. The van der Waals surface area contributed by atoms with Gasteiger partial charge in [-0.3, -0.25) is 4.55 Å². The first-order valence-corrected chi connectivity index (χ1v) is 17.9. The molecule has 15 heteroatoms. The first-order chi connectivity index (χ1) is 21.7.